The first-order chi connectivity index (χ1) is 36.9. The monoisotopic (exact) mass is 1180 g/mol. The fraction of sp³-hybridized carbons (Fsp3) is 0.378. The van der Waals surface area contributed by atoms with E-state index in [0.717, 1.165) is 32.9 Å². The molecule has 2 aliphatic heterocycles. The summed E-state index contributed by atoms with van der Waals surface area (Å²) in [6.07, 6.45) is -2.97. The quantitative estimate of drug-likeness (QED) is 0.00496. The van der Waals surface area contributed by atoms with E-state index in [1.165, 1.54) is 33.7 Å². The van der Waals surface area contributed by atoms with Crippen LogP contribution in [0.3, 0.4) is 0 Å². The summed E-state index contributed by atoms with van der Waals surface area (Å²) in [6, 6.07) is 12.1. The summed E-state index contributed by atoms with van der Waals surface area (Å²) in [7, 11) is -14.3. The van der Waals surface area contributed by atoms with Gasteiger partial charge in [0.25, 0.3) is 11.5 Å². The molecule has 1 aliphatic carbocycles. The summed E-state index contributed by atoms with van der Waals surface area (Å²) in [4.78, 5) is 110. The van der Waals surface area contributed by atoms with Gasteiger partial charge >= 0.3 is 35.1 Å². The number of fused-ring (bicyclic) bond motifs is 2. The number of carboxylic acid groups (broad SMARTS) is 1. The molecule has 2 unspecified atom stereocenters. The van der Waals surface area contributed by atoms with Crippen molar-refractivity contribution in [3.05, 3.63) is 113 Å². The van der Waals surface area contributed by atoms with E-state index in [4.69, 9.17) is 29.2 Å². The predicted octanol–water partition coefficient (Wildman–Crippen LogP) is 5.68. The first-order valence-electron chi connectivity index (χ1n) is 23.3. The number of nitrogens with zero attached hydrogens (tertiary/aromatic N) is 5. The third-order valence-electron chi connectivity index (χ3n) is 11.1. The largest absolute Gasteiger partial charge is 0.490 e. The molecule has 0 bridgehead atoms. The van der Waals surface area contributed by atoms with Crippen LogP contribution in [-0.2, 0) is 41.1 Å². The number of aromatic carboxylic acids is 1. The van der Waals surface area contributed by atoms with Crippen molar-refractivity contribution >= 4 is 79.5 Å². The SMILES string of the molecule is CC/N=c1/cc2oc3cc(NCC)c(C)cc3c(-c3cc(C(=O)NCCSSCCC(=O)NCC#Cc4cn([C@H]5C[C@H](OCN=[N+]=[N-])[C@@H](COP(=O)(O)OP(=O)(O)OP(=O)(O)O)O5)c(=O)[nH]c4=O)ccc3C(=O)O)c-2cc1C. The lowest BCUT2D eigenvalue weighted by Gasteiger charge is -2.20. The molecule has 1 fully saturated rings. The number of H-pyrrole nitrogens is 1. The van der Waals surface area contributed by atoms with Crippen LogP contribution in [0.25, 0.3) is 43.9 Å². The normalized spacial score (nSPS) is 17.1. The number of ether oxygens (including phenoxy) is 2. The van der Waals surface area contributed by atoms with Gasteiger partial charge in [-0.25, -0.2) is 23.3 Å². The van der Waals surface area contributed by atoms with E-state index in [1.807, 2.05) is 52.0 Å². The topological polar surface area (TPSA) is 415 Å². The van der Waals surface area contributed by atoms with E-state index in [9.17, 15) is 52.6 Å². The summed E-state index contributed by atoms with van der Waals surface area (Å²) < 4.78 is 65.5. The van der Waals surface area contributed by atoms with Crippen molar-refractivity contribution in [2.24, 2.45) is 10.1 Å². The van der Waals surface area contributed by atoms with Gasteiger partial charge in [-0.2, -0.15) is 8.62 Å². The van der Waals surface area contributed by atoms with Crippen molar-refractivity contribution in [3.63, 3.8) is 0 Å². The zero-order valence-corrected chi connectivity index (χ0v) is 46.1. The molecule has 3 aliphatic rings. The van der Waals surface area contributed by atoms with Crippen LogP contribution in [0.5, 0.6) is 0 Å². The molecular weight excluding hydrogens is 1130 g/mol. The molecule has 418 valence electrons. The number of aromatic nitrogens is 2. The van der Waals surface area contributed by atoms with Gasteiger partial charge in [-0.1, -0.05) is 38.5 Å². The van der Waals surface area contributed by atoms with Crippen LogP contribution in [0.15, 0.2) is 72.8 Å². The molecule has 1 aromatic heterocycles. The maximum Gasteiger partial charge on any atom is 0.490 e. The van der Waals surface area contributed by atoms with Crippen molar-refractivity contribution in [1.29, 1.82) is 0 Å². The average molecular weight is 1180 g/mol. The van der Waals surface area contributed by atoms with Crippen molar-refractivity contribution in [2.45, 2.75) is 59.0 Å². The third-order valence-corrected chi connectivity index (χ3v) is 17.3. The lowest BCUT2D eigenvalue weighted by atomic mass is 9.88. The maximum absolute atomic E-state index is 13.6. The van der Waals surface area contributed by atoms with Gasteiger partial charge < -0.3 is 54.5 Å². The molecular formula is C45H52N9O19P3S2. The predicted molar refractivity (Wildman–Crippen MR) is 285 cm³/mol. The van der Waals surface area contributed by atoms with E-state index in [2.05, 4.69) is 60.9 Å². The van der Waals surface area contributed by atoms with Gasteiger partial charge in [0, 0.05) is 95.0 Å². The molecule has 9 N–H and O–H groups in total. The van der Waals surface area contributed by atoms with Crippen molar-refractivity contribution < 1.29 is 79.8 Å². The number of anilines is 1. The van der Waals surface area contributed by atoms with Crippen LogP contribution < -0.4 is 32.6 Å². The Morgan fingerprint density at radius 2 is 1.73 bits per heavy atom. The number of rotatable bonds is 25. The number of azide groups is 1. The number of hydrogen-bond acceptors (Lipinski definition) is 19. The second kappa shape index (κ2) is 27.2. The minimum Gasteiger partial charge on any atom is -0.478 e. The Labute approximate surface area is 450 Å². The van der Waals surface area contributed by atoms with Gasteiger partial charge in [0.2, 0.25) is 5.91 Å². The number of nitrogens with one attached hydrogen (secondary N) is 4. The highest BCUT2D eigenvalue weighted by Gasteiger charge is 2.44. The van der Waals surface area contributed by atoms with Gasteiger partial charge in [-0.3, -0.25) is 33.5 Å². The molecule has 0 radical (unpaired) electrons. The van der Waals surface area contributed by atoms with E-state index in [-0.39, 0.29) is 48.5 Å². The number of phosphoric acid groups is 3. The second-order valence-corrected chi connectivity index (χ2v) is 23.7. The Morgan fingerprint density at radius 1 is 0.974 bits per heavy atom. The summed E-state index contributed by atoms with van der Waals surface area (Å²) in [6.45, 7) is 7.47. The van der Waals surface area contributed by atoms with Gasteiger partial charge in [0.15, 0.2) is 0 Å². The Kier molecular flexibility index (Phi) is 21.3. The molecule has 5 atom stereocenters. The molecule has 0 saturated carbocycles. The summed E-state index contributed by atoms with van der Waals surface area (Å²) >= 11 is 0. The zero-order chi connectivity index (χ0) is 57.0. The minimum absolute atomic E-state index is 0.000525. The Bertz CT molecular complexity index is 3520. The van der Waals surface area contributed by atoms with Crippen molar-refractivity contribution in [2.75, 3.05) is 56.3 Å². The first kappa shape index (κ1) is 61.1. The fourth-order valence-corrected chi connectivity index (χ4v) is 12.7. The van der Waals surface area contributed by atoms with Crippen LogP contribution in [0.1, 0.15) is 70.3 Å². The molecule has 1 saturated heterocycles. The van der Waals surface area contributed by atoms with Crippen LogP contribution in [0.4, 0.5) is 5.69 Å². The highest BCUT2D eigenvalue weighted by Crippen LogP contribution is 2.66. The van der Waals surface area contributed by atoms with Crippen LogP contribution in [0.2, 0.25) is 0 Å². The molecule has 78 heavy (non-hydrogen) atoms. The average Bonchev–Trinajstić information content (AvgIpc) is 3.88. The highest BCUT2D eigenvalue weighted by molar-refractivity contribution is 8.76. The zero-order valence-electron chi connectivity index (χ0n) is 41.8. The van der Waals surface area contributed by atoms with Gasteiger partial charge in [-0.15, -0.1) is 0 Å². The van der Waals surface area contributed by atoms with Crippen molar-refractivity contribution in [3.8, 4) is 34.3 Å². The number of hydrogen-bond donors (Lipinski definition) is 9. The Hall–Kier alpha value is -6.08. The van der Waals surface area contributed by atoms with Gasteiger partial charge in [-0.05, 0) is 80.2 Å². The van der Waals surface area contributed by atoms with Crippen molar-refractivity contribution in [1.82, 2.24) is 20.2 Å². The van der Waals surface area contributed by atoms with E-state index in [0.29, 0.717) is 58.0 Å². The highest BCUT2D eigenvalue weighted by atomic mass is 33.1. The first-order valence-corrected chi connectivity index (χ1v) is 30.3. The molecule has 6 rings (SSSR count). The van der Waals surface area contributed by atoms with E-state index < -0.39 is 78.4 Å². The van der Waals surface area contributed by atoms with Gasteiger partial charge in [0.05, 0.1) is 30.2 Å². The summed E-state index contributed by atoms with van der Waals surface area (Å²) in [5.41, 5.74) is 11.5. The summed E-state index contributed by atoms with van der Waals surface area (Å²) in [5, 5.41) is 23.9. The fourth-order valence-electron chi connectivity index (χ4n) is 7.82. The standard InChI is InChI=1S/C45H52N9O19P3S2/c1-5-47-33-19-35-31(16-25(33)3)41(32-17-26(4)34(48-6-2)20-36(32)70-35)30-18-27(9-10-29(30)44(58)59)42(56)50-13-15-78-77-14-11-39(55)49-12-7-8-28-22-54(45(60)52-43(28)57)40-21-37(68-24-51-53-46)38(71-40)23-69-75(64,65)73-76(66,67)72-74(61,62)63/h9-10,16-20,22,37-38,40,47H,5-6,11-15,21,23-24H2,1-4H3,(H,49,55)(H,50,56)(H,58,59)(H,64,65)(H,66,67)(H,52,57,60)(H2,61,62,63)/b48-34-/t37-,38+,40+/m0/s1. The molecule has 2 amide bonds. The molecule has 3 aromatic rings. The number of phosphoric ester groups is 1. The second-order valence-electron chi connectivity index (χ2n) is 16.6. The molecule has 2 aromatic carbocycles. The summed E-state index contributed by atoms with van der Waals surface area (Å²) in [5.74, 6) is 4.55. The molecule has 28 nitrogen and oxygen atoms in total. The lowest BCUT2D eigenvalue weighted by molar-refractivity contribution is -0.120. The van der Waals surface area contributed by atoms with Crippen LogP contribution >= 0.6 is 45.1 Å². The Morgan fingerprint density at radius 3 is 2.44 bits per heavy atom. The smallest absolute Gasteiger partial charge is 0.478 e. The number of aromatic amines is 1. The van der Waals surface area contributed by atoms with E-state index in [1.54, 1.807) is 6.07 Å². The Balaban J connectivity index is 1.01. The number of amides is 2. The maximum atomic E-state index is 13.6. The van der Waals surface area contributed by atoms with Gasteiger partial charge in [0.1, 0.15) is 36.0 Å². The minimum atomic E-state index is -5.84. The van der Waals surface area contributed by atoms with Crippen LogP contribution in [0, 0.1) is 25.7 Å². The molecule has 0 spiro atoms. The number of benzene rings is 3. The molecule has 33 heteroatoms. The number of carbonyl (C=O) groups excluding carboxylic acids is 2. The third kappa shape index (κ3) is 16.7. The lowest BCUT2D eigenvalue weighted by Crippen LogP contribution is -2.34. The number of carbonyl (C=O) groups is 3. The number of aryl methyl sites for hydroxylation is 2. The van der Waals surface area contributed by atoms with E-state index >= 15 is 0 Å². The number of carboxylic acids is 1. The molecule has 3 heterocycles. The van der Waals surface area contributed by atoms with Crippen LogP contribution in [-0.4, -0.2) is 115 Å².